The zero-order valence-corrected chi connectivity index (χ0v) is 15.4. The Morgan fingerprint density at radius 1 is 1.22 bits per heavy atom. The fourth-order valence-electron chi connectivity index (χ4n) is 3.18. The Bertz CT molecular complexity index is 950. The summed E-state index contributed by atoms with van der Waals surface area (Å²) >= 11 is 6.03. The summed E-state index contributed by atoms with van der Waals surface area (Å²) in [4.78, 5) is 17.2. The predicted octanol–water partition coefficient (Wildman–Crippen LogP) is 3.54. The van der Waals surface area contributed by atoms with Crippen LogP contribution in [0.5, 0.6) is 0 Å². The summed E-state index contributed by atoms with van der Waals surface area (Å²) in [5.74, 6) is 0.596. The third-order valence-electron chi connectivity index (χ3n) is 4.54. The van der Waals surface area contributed by atoms with Gasteiger partial charge < -0.3 is 15.2 Å². The molecule has 1 aliphatic rings. The minimum absolute atomic E-state index is 0.129. The van der Waals surface area contributed by atoms with E-state index in [0.29, 0.717) is 27.9 Å². The number of carbonyl (C=O) groups excluding carboxylic acids is 1. The first kappa shape index (κ1) is 17.7. The van der Waals surface area contributed by atoms with Crippen LogP contribution in [0.3, 0.4) is 0 Å². The summed E-state index contributed by atoms with van der Waals surface area (Å²) < 4.78 is 5.43. The lowest BCUT2D eigenvalue weighted by Crippen LogP contribution is -2.45. The molecule has 27 heavy (non-hydrogen) atoms. The molecule has 2 N–H and O–H groups in total. The lowest BCUT2D eigenvalue weighted by atomic mass is 10.0. The molecule has 7 heteroatoms. The third kappa shape index (κ3) is 4.02. The van der Waals surface area contributed by atoms with Gasteiger partial charge in [0, 0.05) is 23.2 Å². The summed E-state index contributed by atoms with van der Waals surface area (Å²) in [6.45, 7) is 1.78. The van der Waals surface area contributed by atoms with E-state index in [2.05, 4.69) is 20.8 Å². The van der Waals surface area contributed by atoms with E-state index < -0.39 is 0 Å². The second-order valence-electron chi connectivity index (χ2n) is 6.50. The molecule has 2 heterocycles. The van der Waals surface area contributed by atoms with Crippen LogP contribution in [-0.4, -0.2) is 35.2 Å². The molecule has 0 bridgehead atoms. The van der Waals surface area contributed by atoms with Gasteiger partial charge in [-0.25, -0.2) is 0 Å². The number of carbonyl (C=O) groups is 1. The van der Waals surface area contributed by atoms with Crippen LogP contribution in [0.4, 0.5) is 0 Å². The number of halogens is 1. The van der Waals surface area contributed by atoms with Crippen LogP contribution < -0.4 is 10.6 Å². The van der Waals surface area contributed by atoms with Crippen molar-refractivity contribution in [2.24, 2.45) is 0 Å². The molecule has 1 unspecified atom stereocenters. The Labute approximate surface area is 161 Å². The molecule has 1 amide bonds. The number of piperidine rings is 1. The molecule has 1 fully saturated rings. The van der Waals surface area contributed by atoms with Gasteiger partial charge in [0.25, 0.3) is 11.8 Å². The van der Waals surface area contributed by atoms with E-state index in [9.17, 15) is 4.79 Å². The number of aromatic nitrogens is 2. The summed E-state index contributed by atoms with van der Waals surface area (Å²) in [5, 5.41) is 11.0. The van der Waals surface area contributed by atoms with Gasteiger partial charge in [0.05, 0.1) is 11.1 Å². The zero-order valence-electron chi connectivity index (χ0n) is 14.6. The van der Waals surface area contributed by atoms with Gasteiger partial charge >= 0.3 is 0 Å². The molecule has 0 saturated carbocycles. The molecule has 4 rings (SSSR count). The first-order valence-corrected chi connectivity index (χ1v) is 9.29. The average Bonchev–Trinajstić information content (AvgIpc) is 3.19. The van der Waals surface area contributed by atoms with Crippen LogP contribution in [-0.2, 0) is 0 Å². The molecule has 1 aromatic heterocycles. The highest BCUT2D eigenvalue weighted by molar-refractivity contribution is 6.30. The van der Waals surface area contributed by atoms with E-state index >= 15 is 0 Å². The van der Waals surface area contributed by atoms with Crippen LogP contribution >= 0.6 is 11.6 Å². The normalized spacial score (nSPS) is 16.9. The maximum atomic E-state index is 12.8. The fraction of sp³-hybridized carbons (Fsp3) is 0.250. The van der Waals surface area contributed by atoms with E-state index in [-0.39, 0.29) is 11.9 Å². The van der Waals surface area contributed by atoms with E-state index in [1.807, 2.05) is 30.3 Å². The van der Waals surface area contributed by atoms with E-state index in [1.54, 1.807) is 18.2 Å². The van der Waals surface area contributed by atoms with E-state index in [1.165, 1.54) is 0 Å². The molecule has 1 saturated heterocycles. The van der Waals surface area contributed by atoms with E-state index in [4.69, 9.17) is 16.1 Å². The Morgan fingerprint density at radius 3 is 2.93 bits per heavy atom. The molecule has 3 aromatic rings. The summed E-state index contributed by atoms with van der Waals surface area (Å²) in [5.41, 5.74) is 1.89. The largest absolute Gasteiger partial charge is 0.348 e. The van der Waals surface area contributed by atoms with Crippen molar-refractivity contribution in [3.8, 4) is 22.8 Å². The van der Waals surface area contributed by atoms with Crippen molar-refractivity contribution in [2.75, 3.05) is 13.1 Å². The van der Waals surface area contributed by atoms with Crippen molar-refractivity contribution in [2.45, 2.75) is 18.9 Å². The van der Waals surface area contributed by atoms with Crippen molar-refractivity contribution >= 4 is 17.5 Å². The van der Waals surface area contributed by atoms with Crippen molar-refractivity contribution in [1.82, 2.24) is 20.8 Å². The maximum Gasteiger partial charge on any atom is 0.259 e. The summed E-state index contributed by atoms with van der Waals surface area (Å²) in [7, 11) is 0. The van der Waals surface area contributed by atoms with Crippen molar-refractivity contribution in [1.29, 1.82) is 0 Å². The molecule has 1 aliphatic heterocycles. The third-order valence-corrected chi connectivity index (χ3v) is 4.78. The van der Waals surface area contributed by atoms with Crippen molar-refractivity contribution in [3.05, 3.63) is 59.1 Å². The van der Waals surface area contributed by atoms with Crippen LogP contribution in [0.25, 0.3) is 22.8 Å². The molecule has 138 valence electrons. The number of hydrogen-bond acceptors (Lipinski definition) is 5. The Morgan fingerprint density at radius 2 is 2.11 bits per heavy atom. The monoisotopic (exact) mass is 382 g/mol. The van der Waals surface area contributed by atoms with Crippen LogP contribution in [0.2, 0.25) is 5.02 Å². The molecule has 6 nitrogen and oxygen atoms in total. The van der Waals surface area contributed by atoms with Crippen LogP contribution in [0.15, 0.2) is 53.1 Å². The summed E-state index contributed by atoms with van der Waals surface area (Å²) in [6.07, 6.45) is 2.03. The first-order valence-electron chi connectivity index (χ1n) is 8.91. The van der Waals surface area contributed by atoms with Gasteiger partial charge in [-0.3, -0.25) is 4.79 Å². The fourth-order valence-corrected chi connectivity index (χ4v) is 3.37. The number of amides is 1. The number of hydrogen-bond donors (Lipinski definition) is 2. The van der Waals surface area contributed by atoms with Gasteiger partial charge in [-0.15, -0.1) is 0 Å². The molecule has 2 aromatic carbocycles. The highest BCUT2D eigenvalue weighted by atomic mass is 35.5. The lowest BCUT2D eigenvalue weighted by Gasteiger charge is -2.24. The van der Waals surface area contributed by atoms with Gasteiger partial charge in [0.2, 0.25) is 5.82 Å². The highest BCUT2D eigenvalue weighted by Gasteiger charge is 2.21. The van der Waals surface area contributed by atoms with Crippen molar-refractivity contribution in [3.63, 3.8) is 0 Å². The second kappa shape index (κ2) is 7.90. The van der Waals surface area contributed by atoms with Gasteiger partial charge in [-0.1, -0.05) is 41.0 Å². The number of nitrogens with one attached hydrogen (secondary N) is 2. The molecule has 0 aliphatic carbocycles. The Balaban J connectivity index is 1.60. The zero-order chi connectivity index (χ0) is 18.6. The minimum atomic E-state index is -0.137. The van der Waals surface area contributed by atoms with Gasteiger partial charge in [-0.05, 0) is 43.7 Å². The van der Waals surface area contributed by atoms with Gasteiger partial charge in [0.1, 0.15) is 0 Å². The molecule has 0 radical (unpaired) electrons. The highest BCUT2D eigenvalue weighted by Crippen LogP contribution is 2.26. The van der Waals surface area contributed by atoms with Crippen molar-refractivity contribution < 1.29 is 9.32 Å². The van der Waals surface area contributed by atoms with Crippen LogP contribution in [0.1, 0.15) is 23.2 Å². The first-order chi connectivity index (χ1) is 13.2. The topological polar surface area (TPSA) is 80.0 Å². The average molecular weight is 383 g/mol. The Hall–Kier alpha value is -2.70. The van der Waals surface area contributed by atoms with E-state index in [0.717, 1.165) is 31.5 Å². The smallest absolute Gasteiger partial charge is 0.259 e. The van der Waals surface area contributed by atoms with Crippen LogP contribution in [0, 0.1) is 0 Å². The summed E-state index contributed by atoms with van der Waals surface area (Å²) in [6, 6.07) is 14.6. The molecular weight excluding hydrogens is 364 g/mol. The van der Waals surface area contributed by atoms with Gasteiger partial charge in [-0.2, -0.15) is 4.98 Å². The predicted molar refractivity (Wildman–Crippen MR) is 104 cm³/mol. The quantitative estimate of drug-likeness (QED) is 0.721. The maximum absolute atomic E-state index is 12.8. The SMILES string of the molecule is O=C(NC1CCCNC1)c1ccccc1-c1nc(-c2cccc(Cl)c2)no1. The number of benzene rings is 2. The second-order valence-corrected chi connectivity index (χ2v) is 6.93. The standard InChI is InChI=1S/C20H19ClN4O2/c21-14-6-3-5-13(11-14)18-24-20(27-25-18)17-9-2-1-8-16(17)19(26)23-15-7-4-10-22-12-15/h1-3,5-6,8-9,11,15,22H,4,7,10,12H2,(H,23,26). The molecular formula is C20H19ClN4O2. The number of nitrogens with zero attached hydrogens (tertiary/aromatic N) is 2. The van der Waals surface area contributed by atoms with Gasteiger partial charge in [0.15, 0.2) is 0 Å². The number of rotatable bonds is 4. The minimum Gasteiger partial charge on any atom is -0.348 e. The Kier molecular flexibility index (Phi) is 5.18. The molecule has 1 atom stereocenters. The molecule has 0 spiro atoms. The lowest BCUT2D eigenvalue weighted by molar-refractivity contribution is 0.0931.